The highest BCUT2D eigenvalue weighted by atomic mass is 35.5. The van der Waals surface area contributed by atoms with Gasteiger partial charge < -0.3 is 19.6 Å². The summed E-state index contributed by atoms with van der Waals surface area (Å²) in [6.07, 6.45) is -5.30. The molecule has 1 saturated heterocycles. The zero-order valence-corrected chi connectivity index (χ0v) is 24.5. The van der Waals surface area contributed by atoms with E-state index in [0.29, 0.717) is 35.4 Å². The summed E-state index contributed by atoms with van der Waals surface area (Å²) < 4.78 is 83.9. The lowest BCUT2D eigenvalue weighted by Gasteiger charge is -2.53. The molecule has 2 fully saturated rings. The highest BCUT2D eigenvalue weighted by Gasteiger charge is 2.62. The van der Waals surface area contributed by atoms with E-state index in [1.54, 1.807) is 26.2 Å². The number of nitrogens with zero attached hydrogens (tertiary/aromatic N) is 2. The molecule has 4 rings (SSSR count). The Labute approximate surface area is 250 Å². The van der Waals surface area contributed by atoms with Crippen molar-refractivity contribution in [3.8, 4) is 5.75 Å². The molecule has 0 radical (unpaired) electrons. The number of hydrogen-bond acceptors (Lipinski definition) is 4. The van der Waals surface area contributed by atoms with Gasteiger partial charge in [0.25, 0.3) is 17.4 Å². The Hall–Kier alpha value is -2.99. The number of aryl methyl sites for hydroxylation is 1. The number of ether oxygens (including phenoxy) is 1. The highest BCUT2D eigenvalue weighted by molar-refractivity contribution is 6.33. The molecule has 2 aliphatic rings. The molecule has 1 saturated carbocycles. The summed E-state index contributed by atoms with van der Waals surface area (Å²) >= 11 is 6.30. The van der Waals surface area contributed by atoms with Crippen LogP contribution in [-0.2, 0) is 16.8 Å². The van der Waals surface area contributed by atoms with Crippen LogP contribution in [0.2, 0.25) is 5.02 Å². The standard InChI is InChI=1S/C30H33ClF6N2O4/c1-38(2)25(40)23-10-9-19(15-24(23)31)5-3-6-20-17-27(18-20)11-13-39(14-12-27)26(41)28(42,29(32,33)34)21-7-4-8-22(16-21)43-30(35,36)37/h4,7-10,15-16,20,42H,3,5-6,11-14,17-18H2,1-2H3. The van der Waals surface area contributed by atoms with Crippen LogP contribution in [0.1, 0.15) is 60.0 Å². The number of halogens is 7. The van der Waals surface area contributed by atoms with E-state index >= 15 is 0 Å². The van der Waals surface area contributed by atoms with Gasteiger partial charge in [0.2, 0.25) is 0 Å². The molecule has 1 atom stereocenters. The molecule has 0 aromatic heterocycles. The van der Waals surface area contributed by atoms with Gasteiger partial charge in [0.15, 0.2) is 0 Å². The fraction of sp³-hybridized carbons (Fsp3) is 0.533. The minimum Gasteiger partial charge on any atom is -0.406 e. The predicted molar refractivity (Wildman–Crippen MR) is 146 cm³/mol. The smallest absolute Gasteiger partial charge is 0.406 e. The molecule has 1 heterocycles. The molecule has 1 unspecified atom stereocenters. The Morgan fingerprint density at radius 2 is 1.70 bits per heavy atom. The Balaban J connectivity index is 1.31. The molecule has 2 aromatic rings. The zero-order valence-electron chi connectivity index (χ0n) is 23.7. The summed E-state index contributed by atoms with van der Waals surface area (Å²) in [5.41, 5.74) is -3.69. The van der Waals surface area contributed by atoms with Gasteiger partial charge in [-0.05, 0) is 79.7 Å². The van der Waals surface area contributed by atoms with E-state index < -0.39 is 35.4 Å². The summed E-state index contributed by atoms with van der Waals surface area (Å²) in [5.74, 6) is -2.32. The summed E-state index contributed by atoms with van der Waals surface area (Å²) in [6.45, 7) is -0.00158. The maximum atomic E-state index is 14.1. The van der Waals surface area contributed by atoms with E-state index in [1.165, 1.54) is 4.90 Å². The lowest BCUT2D eigenvalue weighted by molar-refractivity contribution is -0.274. The number of piperidine rings is 1. The fourth-order valence-corrected chi connectivity index (χ4v) is 6.52. The van der Waals surface area contributed by atoms with Crippen molar-refractivity contribution in [2.75, 3.05) is 27.2 Å². The summed E-state index contributed by atoms with van der Waals surface area (Å²) in [4.78, 5) is 27.7. The number of carbonyl (C=O) groups is 2. The molecule has 13 heteroatoms. The number of amides is 2. The van der Waals surface area contributed by atoms with Gasteiger partial charge in [0.1, 0.15) is 5.75 Å². The maximum absolute atomic E-state index is 14.1. The normalized spacial score (nSPS) is 18.6. The molecule has 1 aliphatic carbocycles. The number of benzene rings is 2. The van der Waals surface area contributed by atoms with Gasteiger partial charge in [-0.1, -0.05) is 36.2 Å². The lowest BCUT2D eigenvalue weighted by Crippen LogP contribution is -2.58. The van der Waals surface area contributed by atoms with Crippen LogP contribution in [0.15, 0.2) is 42.5 Å². The molecule has 2 aromatic carbocycles. The SMILES string of the molecule is CN(C)C(=O)c1ccc(CCCC2CC3(CCN(C(=O)C(O)(c4cccc(OC(F)(F)F)c4)C(F)(F)F)CC3)C2)cc1Cl. The van der Waals surface area contributed by atoms with E-state index in [-0.39, 0.29) is 24.4 Å². The van der Waals surface area contributed by atoms with Crippen molar-refractivity contribution in [2.24, 2.45) is 11.3 Å². The predicted octanol–water partition coefficient (Wildman–Crippen LogP) is 6.73. The van der Waals surface area contributed by atoms with E-state index in [4.69, 9.17) is 11.6 Å². The summed E-state index contributed by atoms with van der Waals surface area (Å²) in [6, 6.07) is 8.19. The third-order valence-corrected chi connectivity index (χ3v) is 8.82. The second-order valence-corrected chi connectivity index (χ2v) is 12.2. The van der Waals surface area contributed by atoms with Crippen molar-refractivity contribution in [2.45, 2.75) is 63.1 Å². The minimum atomic E-state index is -5.48. The molecule has 0 bridgehead atoms. The zero-order chi connectivity index (χ0) is 31.8. The molecular weight excluding hydrogens is 602 g/mol. The van der Waals surface area contributed by atoms with Crippen LogP contribution in [0, 0.1) is 11.3 Å². The van der Waals surface area contributed by atoms with Gasteiger partial charge >= 0.3 is 12.5 Å². The van der Waals surface area contributed by atoms with Crippen LogP contribution in [-0.4, -0.2) is 66.4 Å². The van der Waals surface area contributed by atoms with Crippen molar-refractivity contribution in [1.82, 2.24) is 9.80 Å². The quantitative estimate of drug-likeness (QED) is 0.327. The maximum Gasteiger partial charge on any atom is 0.573 e. The molecule has 1 N–H and O–H groups in total. The van der Waals surface area contributed by atoms with Gasteiger partial charge in [-0.3, -0.25) is 9.59 Å². The largest absolute Gasteiger partial charge is 0.573 e. The average Bonchev–Trinajstić information content (AvgIpc) is 2.90. The Morgan fingerprint density at radius 3 is 2.26 bits per heavy atom. The first kappa shape index (κ1) is 32.9. The molecule has 1 aliphatic heterocycles. The Kier molecular flexibility index (Phi) is 9.33. The van der Waals surface area contributed by atoms with Crippen molar-refractivity contribution in [1.29, 1.82) is 0 Å². The van der Waals surface area contributed by atoms with Gasteiger partial charge in [-0.2, -0.15) is 13.2 Å². The molecule has 2 amide bonds. The van der Waals surface area contributed by atoms with Crippen molar-refractivity contribution >= 4 is 23.4 Å². The minimum absolute atomic E-state index is 0.000792. The third kappa shape index (κ3) is 7.22. The highest BCUT2D eigenvalue weighted by Crippen LogP contribution is 2.54. The van der Waals surface area contributed by atoms with E-state index in [9.17, 15) is 41.0 Å². The number of carbonyl (C=O) groups excluding carboxylic acids is 2. The van der Waals surface area contributed by atoms with Crippen LogP contribution >= 0.6 is 11.6 Å². The van der Waals surface area contributed by atoms with E-state index in [0.717, 1.165) is 60.8 Å². The average molecular weight is 635 g/mol. The molecule has 1 spiro atoms. The second-order valence-electron chi connectivity index (χ2n) is 11.8. The molecule has 236 valence electrons. The first-order valence-corrected chi connectivity index (χ1v) is 14.3. The van der Waals surface area contributed by atoms with Crippen LogP contribution in [0.3, 0.4) is 0 Å². The topological polar surface area (TPSA) is 70.1 Å². The molecule has 43 heavy (non-hydrogen) atoms. The number of likely N-dealkylation sites (tertiary alicyclic amines) is 1. The van der Waals surface area contributed by atoms with Gasteiger partial charge in [-0.25, -0.2) is 0 Å². The van der Waals surface area contributed by atoms with Crippen LogP contribution in [0.5, 0.6) is 5.75 Å². The van der Waals surface area contributed by atoms with Gasteiger partial charge in [0.05, 0.1) is 10.6 Å². The number of aliphatic hydroxyl groups is 1. The number of rotatable bonds is 8. The molecule has 6 nitrogen and oxygen atoms in total. The van der Waals surface area contributed by atoms with Gasteiger partial charge in [0, 0.05) is 32.7 Å². The number of alkyl halides is 6. The number of hydrogen-bond donors (Lipinski definition) is 1. The van der Waals surface area contributed by atoms with Gasteiger partial charge in [-0.15, -0.1) is 13.2 Å². The molecular formula is C30H33ClF6N2O4. The van der Waals surface area contributed by atoms with Crippen LogP contribution in [0.4, 0.5) is 26.3 Å². The lowest BCUT2D eigenvalue weighted by atomic mass is 9.56. The van der Waals surface area contributed by atoms with E-state index in [2.05, 4.69) is 4.74 Å². The van der Waals surface area contributed by atoms with Crippen molar-refractivity contribution in [3.05, 3.63) is 64.2 Å². The first-order valence-electron chi connectivity index (χ1n) is 13.9. The second kappa shape index (κ2) is 12.2. The monoisotopic (exact) mass is 634 g/mol. The first-order chi connectivity index (χ1) is 19.9. The van der Waals surface area contributed by atoms with Crippen molar-refractivity contribution in [3.63, 3.8) is 0 Å². The summed E-state index contributed by atoms with van der Waals surface area (Å²) in [7, 11) is 3.31. The van der Waals surface area contributed by atoms with Crippen LogP contribution < -0.4 is 4.74 Å². The Morgan fingerprint density at radius 1 is 1.05 bits per heavy atom. The Bertz CT molecular complexity index is 1330. The van der Waals surface area contributed by atoms with Crippen molar-refractivity contribution < 1.29 is 45.8 Å². The summed E-state index contributed by atoms with van der Waals surface area (Å²) in [5, 5.41) is 11.1. The van der Waals surface area contributed by atoms with Crippen LogP contribution in [0.25, 0.3) is 0 Å². The fourth-order valence-electron chi connectivity index (χ4n) is 6.24. The third-order valence-electron chi connectivity index (χ3n) is 8.51. The van der Waals surface area contributed by atoms with E-state index in [1.807, 2.05) is 6.07 Å².